The van der Waals surface area contributed by atoms with Gasteiger partial charge in [0, 0.05) is 19.5 Å². The molecule has 0 amide bonds. The van der Waals surface area contributed by atoms with Crippen LogP contribution in [0.2, 0.25) is 0 Å². The molecule has 8 nitrogen and oxygen atoms in total. The Bertz CT molecular complexity index is 730. The molecule has 2 saturated heterocycles. The van der Waals surface area contributed by atoms with Crippen molar-refractivity contribution in [2.24, 2.45) is 0 Å². The highest BCUT2D eigenvalue weighted by molar-refractivity contribution is 5.81. The largest absolute Gasteiger partial charge is 0.422 e. The summed E-state index contributed by atoms with van der Waals surface area (Å²) >= 11 is 0. The Morgan fingerprint density at radius 1 is 1.24 bits per heavy atom. The number of hydrogen-bond acceptors (Lipinski definition) is 8. The molecule has 4 heterocycles. The van der Waals surface area contributed by atoms with Gasteiger partial charge in [0.1, 0.15) is 11.9 Å². The van der Waals surface area contributed by atoms with Gasteiger partial charge in [-0.25, -0.2) is 9.97 Å². The second-order valence-electron chi connectivity index (χ2n) is 6.99. The minimum absolute atomic E-state index is 0.341. The van der Waals surface area contributed by atoms with E-state index in [0.29, 0.717) is 62.2 Å². The number of anilines is 1. The maximum Gasteiger partial charge on any atom is 0.252 e. The van der Waals surface area contributed by atoms with Crippen LogP contribution in [-0.4, -0.2) is 76.5 Å². The molecule has 0 bridgehead atoms. The highest BCUT2D eigenvalue weighted by Gasteiger charge is 2.36. The van der Waals surface area contributed by atoms with Gasteiger partial charge in [-0.3, -0.25) is 0 Å². The summed E-state index contributed by atoms with van der Waals surface area (Å²) in [5.41, 5.74) is 0.231. The molecule has 0 spiro atoms. The lowest BCUT2D eigenvalue weighted by atomic mass is 10.0. The average Bonchev–Trinajstić information content (AvgIpc) is 3.22. The van der Waals surface area contributed by atoms with Gasteiger partial charge in [-0.2, -0.15) is 4.98 Å². The summed E-state index contributed by atoms with van der Waals surface area (Å²) in [7, 11) is 0. The number of rotatable bonds is 4. The van der Waals surface area contributed by atoms with Crippen molar-refractivity contribution in [1.82, 2.24) is 19.9 Å². The van der Waals surface area contributed by atoms with Gasteiger partial charge in [-0.1, -0.05) is 6.92 Å². The Balaban J connectivity index is 1.61. The van der Waals surface area contributed by atoms with E-state index < -0.39 is 5.60 Å². The van der Waals surface area contributed by atoms with Gasteiger partial charge < -0.3 is 24.1 Å². The molecule has 8 heteroatoms. The van der Waals surface area contributed by atoms with Crippen LogP contribution in [0.25, 0.3) is 11.2 Å². The highest BCUT2D eigenvalue weighted by atomic mass is 16.5. The van der Waals surface area contributed by atoms with E-state index in [2.05, 4.69) is 24.8 Å². The highest BCUT2D eigenvalue weighted by Crippen LogP contribution is 2.26. The van der Waals surface area contributed by atoms with Gasteiger partial charge in [0.15, 0.2) is 17.2 Å². The summed E-state index contributed by atoms with van der Waals surface area (Å²) in [6, 6.07) is 0. The normalized spacial score (nSPS) is 25.6. The third kappa shape index (κ3) is 3.47. The van der Waals surface area contributed by atoms with Crippen molar-refractivity contribution in [1.29, 1.82) is 0 Å². The van der Waals surface area contributed by atoms with Crippen LogP contribution in [0.15, 0.2) is 10.7 Å². The number of oxazole rings is 1. The Morgan fingerprint density at radius 3 is 2.88 bits per heavy atom. The summed E-state index contributed by atoms with van der Waals surface area (Å²) in [5.74, 6) is 1.36. The standard InChI is InChI=1S/C17H25N5O3/c1-2-13-20-14-15(18-12-19-16(14)25-13)22-7-8-24-11-17(23,10-22)9-21-5-3-4-6-21/h12,23H,2-11H2,1H3. The number of β-amino-alcohol motifs (C(OH)–C–C–N with tert-alkyl or cyclic N) is 1. The molecule has 0 aliphatic carbocycles. The van der Waals surface area contributed by atoms with E-state index in [0.717, 1.165) is 13.1 Å². The summed E-state index contributed by atoms with van der Waals surface area (Å²) < 4.78 is 11.4. The lowest BCUT2D eigenvalue weighted by Gasteiger charge is -2.34. The minimum atomic E-state index is -0.921. The van der Waals surface area contributed by atoms with Crippen molar-refractivity contribution in [3.63, 3.8) is 0 Å². The van der Waals surface area contributed by atoms with Crippen molar-refractivity contribution in [2.75, 3.05) is 50.8 Å². The second-order valence-corrected chi connectivity index (χ2v) is 6.99. The molecule has 2 fully saturated rings. The van der Waals surface area contributed by atoms with E-state index in [-0.39, 0.29) is 0 Å². The van der Waals surface area contributed by atoms with Gasteiger partial charge in [-0.15, -0.1) is 0 Å². The van der Waals surface area contributed by atoms with Gasteiger partial charge in [-0.05, 0) is 25.9 Å². The zero-order valence-corrected chi connectivity index (χ0v) is 14.6. The van der Waals surface area contributed by atoms with Crippen LogP contribution in [0.5, 0.6) is 0 Å². The smallest absolute Gasteiger partial charge is 0.252 e. The molecule has 0 saturated carbocycles. The third-order valence-electron chi connectivity index (χ3n) is 4.90. The van der Waals surface area contributed by atoms with Crippen LogP contribution in [0, 0.1) is 0 Å². The first-order valence-corrected chi connectivity index (χ1v) is 9.05. The van der Waals surface area contributed by atoms with Crippen molar-refractivity contribution in [3.8, 4) is 0 Å². The molecule has 2 aliphatic rings. The van der Waals surface area contributed by atoms with Crippen LogP contribution < -0.4 is 4.90 Å². The Morgan fingerprint density at radius 2 is 2.08 bits per heavy atom. The first-order valence-electron chi connectivity index (χ1n) is 9.05. The third-order valence-corrected chi connectivity index (χ3v) is 4.90. The molecular weight excluding hydrogens is 322 g/mol. The lowest BCUT2D eigenvalue weighted by Crippen LogP contribution is -2.52. The second kappa shape index (κ2) is 6.86. The zero-order valence-electron chi connectivity index (χ0n) is 14.6. The fourth-order valence-corrected chi connectivity index (χ4v) is 3.72. The molecule has 1 unspecified atom stereocenters. The van der Waals surface area contributed by atoms with Crippen molar-refractivity contribution >= 4 is 17.0 Å². The predicted molar refractivity (Wildman–Crippen MR) is 92.6 cm³/mol. The fraction of sp³-hybridized carbons (Fsp3) is 0.706. The molecule has 4 rings (SSSR count). The quantitative estimate of drug-likeness (QED) is 0.871. The van der Waals surface area contributed by atoms with Crippen LogP contribution in [0.4, 0.5) is 5.82 Å². The number of ether oxygens (including phenoxy) is 1. The molecule has 2 aliphatic heterocycles. The summed E-state index contributed by atoms with van der Waals surface area (Å²) in [6.45, 7) is 6.71. The Kier molecular flexibility index (Phi) is 4.58. The minimum Gasteiger partial charge on any atom is -0.422 e. The number of fused-ring (bicyclic) bond motifs is 1. The number of nitrogens with zero attached hydrogens (tertiary/aromatic N) is 5. The van der Waals surface area contributed by atoms with E-state index in [1.807, 2.05) is 6.92 Å². The molecular formula is C17H25N5O3. The van der Waals surface area contributed by atoms with Gasteiger partial charge >= 0.3 is 0 Å². The lowest BCUT2D eigenvalue weighted by molar-refractivity contribution is -0.0439. The number of aromatic nitrogens is 3. The Labute approximate surface area is 146 Å². The molecule has 1 N–H and O–H groups in total. The average molecular weight is 347 g/mol. The monoisotopic (exact) mass is 347 g/mol. The van der Waals surface area contributed by atoms with Crippen molar-refractivity contribution in [3.05, 3.63) is 12.2 Å². The van der Waals surface area contributed by atoms with Crippen molar-refractivity contribution in [2.45, 2.75) is 31.8 Å². The van der Waals surface area contributed by atoms with Gasteiger partial charge in [0.05, 0.1) is 19.8 Å². The molecule has 2 aromatic rings. The van der Waals surface area contributed by atoms with Crippen molar-refractivity contribution < 1.29 is 14.3 Å². The molecule has 0 radical (unpaired) electrons. The topological polar surface area (TPSA) is 87.8 Å². The van der Waals surface area contributed by atoms with E-state index in [9.17, 15) is 5.11 Å². The predicted octanol–water partition coefficient (Wildman–Crippen LogP) is 0.844. The summed E-state index contributed by atoms with van der Waals surface area (Å²) in [6.07, 6.45) is 4.60. The first kappa shape index (κ1) is 16.7. The molecule has 2 aromatic heterocycles. The molecule has 0 aromatic carbocycles. The molecule has 136 valence electrons. The molecule has 25 heavy (non-hydrogen) atoms. The SMILES string of the molecule is CCc1nc2c(N3CCOCC(O)(CN4CCCC4)C3)ncnc2o1. The van der Waals surface area contributed by atoms with E-state index in [4.69, 9.17) is 9.15 Å². The maximum absolute atomic E-state index is 11.2. The maximum atomic E-state index is 11.2. The van der Waals surface area contributed by atoms with Crippen LogP contribution in [-0.2, 0) is 11.2 Å². The number of hydrogen-bond donors (Lipinski definition) is 1. The first-order chi connectivity index (χ1) is 12.2. The van der Waals surface area contributed by atoms with Crippen LogP contribution in [0.3, 0.4) is 0 Å². The summed E-state index contributed by atoms with van der Waals surface area (Å²) in [5, 5.41) is 11.2. The number of aryl methyl sites for hydroxylation is 1. The van der Waals surface area contributed by atoms with E-state index >= 15 is 0 Å². The van der Waals surface area contributed by atoms with Crippen LogP contribution >= 0.6 is 0 Å². The van der Waals surface area contributed by atoms with Crippen LogP contribution in [0.1, 0.15) is 25.7 Å². The zero-order chi connectivity index (χ0) is 17.3. The van der Waals surface area contributed by atoms with E-state index in [1.54, 1.807) is 0 Å². The Hall–Kier alpha value is -1.77. The fourth-order valence-electron chi connectivity index (χ4n) is 3.72. The van der Waals surface area contributed by atoms with Gasteiger partial charge in [0.25, 0.3) is 5.71 Å². The summed E-state index contributed by atoms with van der Waals surface area (Å²) in [4.78, 5) is 17.5. The number of aliphatic hydroxyl groups is 1. The molecule has 1 atom stereocenters. The van der Waals surface area contributed by atoms with Gasteiger partial charge in [0.2, 0.25) is 0 Å². The number of likely N-dealkylation sites (tertiary alicyclic amines) is 1. The van der Waals surface area contributed by atoms with E-state index in [1.165, 1.54) is 19.2 Å².